The van der Waals surface area contributed by atoms with Crippen molar-refractivity contribution in [2.75, 3.05) is 12.0 Å². The van der Waals surface area contributed by atoms with Crippen LogP contribution in [0.3, 0.4) is 0 Å². The molecular formula is C26H23ClN2O5S2. The van der Waals surface area contributed by atoms with Crippen molar-refractivity contribution in [1.29, 1.82) is 0 Å². The number of nitrogens with zero attached hydrogens (tertiary/aromatic N) is 2. The first-order valence-corrected chi connectivity index (χ1v) is 14.7. The van der Waals surface area contributed by atoms with Crippen LogP contribution in [-0.4, -0.2) is 43.9 Å². The SMILES string of the molecule is Cc1cncc(-c2ncc(Cl)cc2-c2ccc(S(=O)(=O)CC(O)c3ccc(S(C)(=O)=O)cc3)cc2)c1. The third kappa shape index (κ3) is 5.82. The molecule has 7 nitrogen and oxygen atoms in total. The molecule has 1 atom stereocenters. The molecule has 2 aromatic heterocycles. The average molecular weight is 543 g/mol. The maximum absolute atomic E-state index is 13.0. The fraction of sp³-hybridized carbons (Fsp3) is 0.154. The van der Waals surface area contributed by atoms with E-state index in [9.17, 15) is 21.9 Å². The van der Waals surface area contributed by atoms with Gasteiger partial charge < -0.3 is 5.11 Å². The van der Waals surface area contributed by atoms with Crippen molar-refractivity contribution in [3.8, 4) is 22.4 Å². The van der Waals surface area contributed by atoms with Crippen LogP contribution < -0.4 is 0 Å². The molecule has 0 aliphatic rings. The minimum Gasteiger partial charge on any atom is -0.387 e. The summed E-state index contributed by atoms with van der Waals surface area (Å²) < 4.78 is 49.2. The van der Waals surface area contributed by atoms with Crippen LogP contribution >= 0.6 is 11.6 Å². The number of sulfone groups is 2. The third-order valence-corrected chi connectivity index (χ3v) is 8.68. The minimum absolute atomic E-state index is 0.0480. The van der Waals surface area contributed by atoms with E-state index in [1.165, 1.54) is 36.4 Å². The summed E-state index contributed by atoms with van der Waals surface area (Å²) in [6.07, 6.45) is 4.75. The highest BCUT2D eigenvalue weighted by Crippen LogP contribution is 2.33. The van der Waals surface area contributed by atoms with Crippen LogP contribution in [0.5, 0.6) is 0 Å². The minimum atomic E-state index is -3.84. The van der Waals surface area contributed by atoms with Gasteiger partial charge in [-0.05, 0) is 60.0 Å². The number of aryl methyl sites for hydroxylation is 1. The Labute approximate surface area is 215 Å². The first-order valence-electron chi connectivity index (χ1n) is 10.8. The number of rotatable bonds is 7. The second-order valence-electron chi connectivity index (χ2n) is 8.46. The molecule has 10 heteroatoms. The Morgan fingerprint density at radius 2 is 1.50 bits per heavy atom. The number of pyridine rings is 2. The number of halogens is 1. The van der Waals surface area contributed by atoms with Crippen LogP contribution in [-0.2, 0) is 19.7 Å². The van der Waals surface area contributed by atoms with Crippen LogP contribution in [0.25, 0.3) is 22.4 Å². The lowest BCUT2D eigenvalue weighted by Crippen LogP contribution is -2.15. The summed E-state index contributed by atoms with van der Waals surface area (Å²) >= 11 is 6.20. The van der Waals surface area contributed by atoms with E-state index in [1.807, 2.05) is 13.0 Å². The smallest absolute Gasteiger partial charge is 0.181 e. The molecule has 0 aliphatic heterocycles. The van der Waals surface area contributed by atoms with E-state index in [1.54, 1.807) is 36.8 Å². The molecule has 0 amide bonds. The van der Waals surface area contributed by atoms with E-state index < -0.39 is 31.5 Å². The van der Waals surface area contributed by atoms with Gasteiger partial charge in [-0.15, -0.1) is 0 Å². The molecule has 0 saturated carbocycles. The van der Waals surface area contributed by atoms with Crippen molar-refractivity contribution < 1.29 is 21.9 Å². The van der Waals surface area contributed by atoms with Gasteiger partial charge in [-0.25, -0.2) is 16.8 Å². The van der Waals surface area contributed by atoms with Gasteiger partial charge in [0.05, 0.1) is 32.4 Å². The second-order valence-corrected chi connectivity index (χ2v) is 12.9. The van der Waals surface area contributed by atoms with Crippen molar-refractivity contribution in [2.45, 2.75) is 22.8 Å². The van der Waals surface area contributed by atoms with Gasteiger partial charge in [0.15, 0.2) is 19.7 Å². The molecule has 4 aromatic rings. The highest BCUT2D eigenvalue weighted by molar-refractivity contribution is 7.91. The summed E-state index contributed by atoms with van der Waals surface area (Å²) in [5.41, 5.74) is 4.20. The summed E-state index contributed by atoms with van der Waals surface area (Å²) in [6, 6.07) is 15.5. The van der Waals surface area contributed by atoms with Crippen molar-refractivity contribution in [3.05, 3.63) is 95.4 Å². The average Bonchev–Trinajstić information content (AvgIpc) is 2.83. The zero-order valence-corrected chi connectivity index (χ0v) is 21.8. The lowest BCUT2D eigenvalue weighted by molar-refractivity contribution is 0.201. The highest BCUT2D eigenvalue weighted by Gasteiger charge is 2.22. The Morgan fingerprint density at radius 1 is 0.861 bits per heavy atom. The highest BCUT2D eigenvalue weighted by atomic mass is 35.5. The number of hydrogen-bond acceptors (Lipinski definition) is 7. The van der Waals surface area contributed by atoms with E-state index in [4.69, 9.17) is 11.6 Å². The van der Waals surface area contributed by atoms with Crippen LogP contribution in [0.1, 0.15) is 17.2 Å². The molecule has 0 spiro atoms. The Morgan fingerprint density at radius 3 is 2.11 bits per heavy atom. The lowest BCUT2D eigenvalue weighted by atomic mass is 10.00. The first kappa shape index (κ1) is 26.0. The Balaban J connectivity index is 1.60. The number of aromatic nitrogens is 2. The Bertz CT molecular complexity index is 1620. The van der Waals surface area contributed by atoms with Crippen molar-refractivity contribution in [3.63, 3.8) is 0 Å². The molecule has 2 heterocycles. The molecule has 2 aromatic carbocycles. The largest absolute Gasteiger partial charge is 0.387 e. The molecule has 4 rings (SSSR count). The molecule has 0 radical (unpaired) electrons. The number of hydrogen-bond donors (Lipinski definition) is 1. The summed E-state index contributed by atoms with van der Waals surface area (Å²) in [7, 11) is -7.23. The van der Waals surface area contributed by atoms with E-state index >= 15 is 0 Å². The molecule has 0 aliphatic carbocycles. The molecule has 0 saturated heterocycles. The summed E-state index contributed by atoms with van der Waals surface area (Å²) in [6.45, 7) is 1.93. The molecular weight excluding hydrogens is 520 g/mol. The summed E-state index contributed by atoms with van der Waals surface area (Å²) in [4.78, 5) is 8.84. The Hall–Kier alpha value is -3.11. The zero-order chi connectivity index (χ0) is 26.1. The predicted molar refractivity (Wildman–Crippen MR) is 139 cm³/mol. The quantitative estimate of drug-likeness (QED) is 0.360. The molecule has 0 bridgehead atoms. The van der Waals surface area contributed by atoms with Crippen molar-refractivity contribution >= 4 is 31.3 Å². The third-order valence-electron chi connectivity index (χ3n) is 5.60. The number of aliphatic hydroxyl groups excluding tert-OH is 1. The number of benzene rings is 2. The standard InChI is InChI=1S/C26H23ClN2O5S2/c1-17-11-20(14-28-13-17)26-24(12-21(27)15-29-26)18-3-9-23(10-4-18)36(33,34)16-25(30)19-5-7-22(8-6-19)35(2,31)32/h3-15,25,30H,16H2,1-2H3. The van der Waals surface area contributed by atoms with E-state index in [-0.39, 0.29) is 9.79 Å². The predicted octanol–water partition coefficient (Wildman–Crippen LogP) is 4.68. The van der Waals surface area contributed by atoms with Gasteiger partial charge in [-0.1, -0.05) is 35.9 Å². The molecule has 1 unspecified atom stereocenters. The van der Waals surface area contributed by atoms with Gasteiger partial charge >= 0.3 is 0 Å². The normalized spacial score (nSPS) is 12.9. The molecule has 0 fully saturated rings. The van der Waals surface area contributed by atoms with Crippen LogP contribution in [0.15, 0.2) is 89.0 Å². The fourth-order valence-electron chi connectivity index (χ4n) is 3.75. The van der Waals surface area contributed by atoms with Crippen LogP contribution in [0.2, 0.25) is 5.02 Å². The Kier molecular flexibility index (Phi) is 7.28. The fourth-order valence-corrected chi connectivity index (χ4v) is 5.89. The molecule has 36 heavy (non-hydrogen) atoms. The number of aliphatic hydroxyl groups is 1. The summed E-state index contributed by atoms with van der Waals surface area (Å²) in [5, 5.41) is 10.9. The van der Waals surface area contributed by atoms with Gasteiger partial charge in [0.1, 0.15) is 0 Å². The van der Waals surface area contributed by atoms with Gasteiger partial charge in [0, 0.05) is 36.0 Å². The van der Waals surface area contributed by atoms with Crippen molar-refractivity contribution in [1.82, 2.24) is 9.97 Å². The first-order chi connectivity index (χ1) is 16.9. The second kappa shape index (κ2) is 10.1. The topological polar surface area (TPSA) is 114 Å². The van der Waals surface area contributed by atoms with Gasteiger partial charge in [0.2, 0.25) is 0 Å². The summed E-state index contributed by atoms with van der Waals surface area (Å²) in [5.74, 6) is -0.552. The molecule has 1 N–H and O–H groups in total. The van der Waals surface area contributed by atoms with Gasteiger partial charge in [-0.2, -0.15) is 0 Å². The van der Waals surface area contributed by atoms with E-state index in [2.05, 4.69) is 9.97 Å². The zero-order valence-electron chi connectivity index (χ0n) is 19.5. The maximum Gasteiger partial charge on any atom is 0.181 e. The monoisotopic (exact) mass is 542 g/mol. The van der Waals surface area contributed by atoms with Crippen LogP contribution in [0, 0.1) is 6.92 Å². The lowest BCUT2D eigenvalue weighted by Gasteiger charge is -2.13. The molecule has 186 valence electrons. The van der Waals surface area contributed by atoms with E-state index in [0.29, 0.717) is 16.3 Å². The van der Waals surface area contributed by atoms with Crippen LogP contribution in [0.4, 0.5) is 0 Å². The van der Waals surface area contributed by atoms with E-state index in [0.717, 1.165) is 28.5 Å². The van der Waals surface area contributed by atoms with Crippen molar-refractivity contribution in [2.24, 2.45) is 0 Å². The van der Waals surface area contributed by atoms with Gasteiger partial charge in [-0.3, -0.25) is 9.97 Å². The maximum atomic E-state index is 13.0. The van der Waals surface area contributed by atoms with Gasteiger partial charge in [0.25, 0.3) is 0 Å².